The number of amides is 14. The van der Waals surface area contributed by atoms with Crippen LogP contribution in [0, 0.1) is 20.2 Å². The summed E-state index contributed by atoms with van der Waals surface area (Å²) in [6, 6.07) is 43.2. The van der Waals surface area contributed by atoms with Crippen LogP contribution in [-0.4, -0.2) is 104 Å². The lowest BCUT2D eigenvalue weighted by molar-refractivity contribution is -0.385. The molecule has 0 aromatic heterocycles. The Morgan fingerprint density at radius 1 is 0.326 bits per heavy atom. The van der Waals surface area contributed by atoms with Crippen LogP contribution in [-0.2, 0) is 119 Å². The van der Waals surface area contributed by atoms with Gasteiger partial charge in [0.25, 0.3) is 58.6 Å². The van der Waals surface area contributed by atoms with Gasteiger partial charge in [-0.15, -0.1) is 0 Å². The van der Waals surface area contributed by atoms with Gasteiger partial charge in [0.2, 0.25) is 23.6 Å². The summed E-state index contributed by atoms with van der Waals surface area (Å²) >= 11 is 0. The summed E-state index contributed by atoms with van der Waals surface area (Å²) < 4.78 is 10.3. The van der Waals surface area contributed by atoms with Crippen molar-refractivity contribution in [3.63, 3.8) is 0 Å². The molecule has 42 heteroatoms. The number of imide groups is 4. The fourth-order valence-electron chi connectivity index (χ4n) is 11.3. The number of rotatable bonds is 20. The normalized spacial score (nSPS) is 12.5. The number of carbonyl (C=O) groups is 14. The minimum atomic E-state index is -0.689. The standard InChI is InChI=1S/C20H19N3O6.C15H11N3O4.C12H19N3O2.C11H13N3O4.C11H14N2O2.C7H9N3O2.C7H11N3.C7H10N2/c1-20(2,3)29-19(28)21-11-12-4-5-13(22-15(24)6-7-16(22)25)10-14(12)23-17(26)8-9-18(23)27;16-8-9-1-2-10(17-12(19)3-4-13(17)20)7-11(9)18-14(21)5-6-15(18)22;1-12(2,3)17-11(16)15-7-8-4-5-9(13)6-10(8)14;1-7(15)12-6-9-3-4-10(13-8(2)16)5-11(9)14(17)18;1-8(14)12-7-10-3-5-11(6-4-10)13-9(2)15;8-4-5-1-2-6(9)3-7(5)10(11)12;8-4-5-1-2-6(9)3-7(5)10;8-5-6-1-3-7(9)4-2-6/h4-10H,11H2,1-3H3,(H,21,28);1-7H,8,16H2;4-6H,7,13-14H2,1-3H3,(H,15,16);3-5H,6H2,1-2H3,(H,12,15)(H,13,16);3-6H,7H2,1-2H3,(H,12,14)(H,13,15);1-3H,4,8-9H2;1-3H,4,8-10H2;1-4H,5,8-9H2. The first-order valence-electron chi connectivity index (χ1n) is 39.9. The Balaban J connectivity index is 0.000000274. The molecule has 8 aromatic rings. The van der Waals surface area contributed by atoms with E-state index in [2.05, 4.69) is 31.9 Å². The minimum absolute atomic E-state index is 0.0162. The minimum Gasteiger partial charge on any atom is -0.444 e. The molecule has 0 bridgehead atoms. The highest BCUT2D eigenvalue weighted by molar-refractivity contribution is 6.32. The average molecular weight is 1820 g/mol. The zero-order valence-corrected chi connectivity index (χ0v) is 73.9. The number of nitrogen functional groups attached to an aromatic ring is 6. The summed E-state index contributed by atoms with van der Waals surface area (Å²) in [7, 11) is 0. The van der Waals surface area contributed by atoms with E-state index in [0.717, 1.165) is 102 Å². The van der Waals surface area contributed by atoms with E-state index in [4.69, 9.17) is 66.8 Å². The third kappa shape index (κ3) is 34.5. The summed E-state index contributed by atoms with van der Waals surface area (Å²) in [6.45, 7) is 18.3. The van der Waals surface area contributed by atoms with Crippen LogP contribution in [0.15, 0.2) is 206 Å². The van der Waals surface area contributed by atoms with Crippen molar-refractivity contribution in [3.05, 3.63) is 271 Å². The molecule has 4 aliphatic rings. The van der Waals surface area contributed by atoms with Crippen molar-refractivity contribution in [2.45, 2.75) is 133 Å². The molecule has 12 rings (SSSR count). The van der Waals surface area contributed by atoms with Gasteiger partial charge in [-0.1, -0.05) is 48.5 Å². The second-order valence-electron chi connectivity index (χ2n) is 30.3. The third-order valence-corrected chi connectivity index (χ3v) is 17.5. The predicted octanol–water partition coefficient (Wildman–Crippen LogP) is 7.59. The van der Waals surface area contributed by atoms with E-state index in [1.165, 1.54) is 70.2 Å². The quantitative estimate of drug-likeness (QED) is 0.0151. The highest BCUT2D eigenvalue weighted by Crippen LogP contribution is 2.34. The van der Waals surface area contributed by atoms with Gasteiger partial charge in [-0.3, -0.25) is 77.8 Å². The highest BCUT2D eigenvalue weighted by atomic mass is 16.6. The van der Waals surface area contributed by atoms with Crippen LogP contribution in [0.4, 0.5) is 89.2 Å². The Bertz CT molecular complexity index is 5690. The zero-order valence-electron chi connectivity index (χ0n) is 73.9. The van der Waals surface area contributed by atoms with Crippen molar-refractivity contribution in [2.75, 3.05) is 64.6 Å². The maximum absolute atomic E-state index is 12.2. The van der Waals surface area contributed by atoms with Crippen molar-refractivity contribution >= 4 is 163 Å². The molecule has 26 N–H and O–H groups in total. The summed E-state index contributed by atoms with van der Waals surface area (Å²) in [5.41, 5.74) is 64.9. The fraction of sp³-hybridized carbons (Fsp3) is 0.222. The number of nitrogens with two attached hydrogens (primary N) is 10. The lowest BCUT2D eigenvalue weighted by Gasteiger charge is -2.23. The van der Waals surface area contributed by atoms with Crippen LogP contribution < -0.4 is 109 Å². The molecular formula is C90H106N22O20. The van der Waals surface area contributed by atoms with Crippen molar-refractivity contribution in [2.24, 2.45) is 22.9 Å². The van der Waals surface area contributed by atoms with E-state index in [9.17, 15) is 87.4 Å². The molecule has 0 atom stereocenters. The van der Waals surface area contributed by atoms with Crippen molar-refractivity contribution in [3.8, 4) is 0 Å². The smallest absolute Gasteiger partial charge is 0.407 e. The molecule has 0 aliphatic carbocycles. The van der Waals surface area contributed by atoms with E-state index in [0.29, 0.717) is 82.6 Å². The predicted molar refractivity (Wildman–Crippen MR) is 499 cm³/mol. The first kappa shape index (κ1) is 106. The van der Waals surface area contributed by atoms with Gasteiger partial charge in [-0.05, 0) is 172 Å². The first-order chi connectivity index (χ1) is 62.0. The van der Waals surface area contributed by atoms with Gasteiger partial charge >= 0.3 is 12.2 Å². The van der Waals surface area contributed by atoms with Crippen LogP contribution in [0.5, 0.6) is 0 Å². The molecule has 132 heavy (non-hydrogen) atoms. The van der Waals surface area contributed by atoms with E-state index in [1.54, 1.807) is 93.6 Å². The Morgan fingerprint density at radius 3 is 1.03 bits per heavy atom. The fourth-order valence-corrected chi connectivity index (χ4v) is 11.3. The molecule has 696 valence electrons. The number of nitrogens with zero attached hydrogens (tertiary/aromatic N) is 6. The van der Waals surface area contributed by atoms with E-state index in [-0.39, 0.29) is 83.9 Å². The third-order valence-electron chi connectivity index (χ3n) is 17.5. The van der Waals surface area contributed by atoms with Gasteiger partial charge in [0.15, 0.2) is 0 Å². The van der Waals surface area contributed by atoms with Gasteiger partial charge in [0, 0.05) is 197 Å². The highest BCUT2D eigenvalue weighted by Gasteiger charge is 2.34. The second-order valence-corrected chi connectivity index (χ2v) is 30.3. The lowest BCUT2D eigenvalue weighted by Crippen LogP contribution is -2.35. The zero-order chi connectivity index (χ0) is 98.6. The Morgan fingerprint density at radius 2 is 0.644 bits per heavy atom. The molecule has 14 amide bonds. The topological polar surface area (TPSA) is 689 Å². The molecule has 8 aromatic carbocycles. The molecular weight excluding hydrogens is 1710 g/mol. The van der Waals surface area contributed by atoms with Crippen molar-refractivity contribution < 1.29 is 86.4 Å². The largest absolute Gasteiger partial charge is 0.444 e. The van der Waals surface area contributed by atoms with Gasteiger partial charge in [0.1, 0.15) is 11.2 Å². The Kier molecular flexibility index (Phi) is 39.9. The van der Waals surface area contributed by atoms with Gasteiger partial charge < -0.3 is 98.7 Å². The molecule has 0 saturated carbocycles. The van der Waals surface area contributed by atoms with Crippen molar-refractivity contribution in [1.29, 1.82) is 0 Å². The number of anilines is 12. The van der Waals surface area contributed by atoms with Crippen LogP contribution >= 0.6 is 0 Å². The summed E-state index contributed by atoms with van der Waals surface area (Å²) in [4.78, 5) is 186. The van der Waals surface area contributed by atoms with Crippen LogP contribution in [0.25, 0.3) is 0 Å². The SMILES string of the molecule is CC(=O)NCc1ccc(NC(C)=O)cc1.CC(=O)NCc1ccc(NC(C)=O)cc1[N+](=O)[O-].CC(C)(C)OC(=O)NCc1ccc(N)cc1N.CC(C)(C)OC(=O)NCc1ccc(N2C(=O)C=CC2=O)cc1N1C(=O)C=CC1=O.NCc1ccc(N)cc1.NCc1ccc(N)cc1N.NCc1ccc(N)cc1[N+](=O)[O-].NCc1ccc(N2C(=O)C=CC2=O)cc1N1C(=O)C=CC1=O. The number of alkyl carbamates (subject to hydrolysis) is 2. The maximum atomic E-state index is 12.2. The molecule has 4 heterocycles. The van der Waals surface area contributed by atoms with E-state index >= 15 is 0 Å². The number of benzene rings is 8. The molecule has 0 unspecified atom stereocenters. The van der Waals surface area contributed by atoms with Gasteiger partial charge in [-0.2, -0.15) is 0 Å². The van der Waals surface area contributed by atoms with Crippen molar-refractivity contribution in [1.82, 2.24) is 21.3 Å². The summed E-state index contributed by atoms with van der Waals surface area (Å²) in [5.74, 6) is -4.86. The van der Waals surface area contributed by atoms with Gasteiger partial charge in [0.05, 0.1) is 32.6 Å². The van der Waals surface area contributed by atoms with Gasteiger partial charge in [-0.25, -0.2) is 29.2 Å². The first-order valence-corrected chi connectivity index (χ1v) is 39.9. The number of hydrogen-bond acceptors (Lipinski definition) is 30. The van der Waals surface area contributed by atoms with E-state index in [1.807, 2.05) is 63.2 Å². The average Bonchev–Trinajstić information content (AvgIpc) is 1.62. The number of ether oxygens (including phenoxy) is 2. The summed E-state index contributed by atoms with van der Waals surface area (Å²) in [6.07, 6.45) is 8.00. The Hall–Kier alpha value is -16.9. The van der Waals surface area contributed by atoms with E-state index < -0.39 is 80.5 Å². The molecule has 0 fully saturated rings. The van der Waals surface area contributed by atoms with Crippen LogP contribution in [0.2, 0.25) is 0 Å². The molecule has 0 spiro atoms. The number of nitro groups is 2. The number of carbonyl (C=O) groups excluding carboxylic acids is 14. The number of hydrogen-bond donors (Lipinski definition) is 16. The Labute approximate surface area is 758 Å². The molecule has 0 saturated heterocycles. The summed E-state index contributed by atoms with van der Waals surface area (Å²) in [5, 5.41) is 36.8. The molecule has 4 aliphatic heterocycles. The molecule has 0 radical (unpaired) electrons. The number of nitrogens with one attached hydrogen (secondary N) is 6. The van der Waals surface area contributed by atoms with Crippen LogP contribution in [0.3, 0.4) is 0 Å². The second kappa shape index (κ2) is 49.9. The maximum Gasteiger partial charge on any atom is 0.407 e. The molecule has 42 nitrogen and oxygen atoms in total. The monoisotopic (exact) mass is 1810 g/mol. The van der Waals surface area contributed by atoms with Crippen LogP contribution in [0.1, 0.15) is 114 Å². The number of nitro benzene ring substituents is 2. The lowest BCUT2D eigenvalue weighted by atomic mass is 10.1.